The molecule has 0 bridgehead atoms. The van der Waals surface area contributed by atoms with E-state index in [1.807, 2.05) is 43.3 Å². The lowest BCUT2D eigenvalue weighted by atomic mass is 10.0. The third-order valence-corrected chi connectivity index (χ3v) is 6.05. The zero-order valence-electron chi connectivity index (χ0n) is 19.8. The highest BCUT2D eigenvalue weighted by Gasteiger charge is 2.22. The molecule has 1 atom stereocenters. The summed E-state index contributed by atoms with van der Waals surface area (Å²) in [6.07, 6.45) is 1.72. The van der Waals surface area contributed by atoms with Gasteiger partial charge in [-0.25, -0.2) is 4.79 Å². The van der Waals surface area contributed by atoms with E-state index in [-0.39, 0.29) is 18.3 Å². The van der Waals surface area contributed by atoms with E-state index in [4.69, 9.17) is 4.74 Å². The number of rotatable bonds is 7. The Labute approximate surface area is 198 Å². The van der Waals surface area contributed by atoms with Crippen molar-refractivity contribution in [2.24, 2.45) is 0 Å². The van der Waals surface area contributed by atoms with E-state index < -0.39 is 17.2 Å². The second kappa shape index (κ2) is 10.2. The smallest absolute Gasteiger partial charge is 0.352 e. The summed E-state index contributed by atoms with van der Waals surface area (Å²) in [6, 6.07) is 14.9. The molecule has 0 saturated carbocycles. The fourth-order valence-electron chi connectivity index (χ4n) is 3.94. The number of aromatic nitrogens is 3. The lowest BCUT2D eigenvalue weighted by Gasteiger charge is -2.14. The molecule has 1 amide bonds. The van der Waals surface area contributed by atoms with Gasteiger partial charge in [-0.3, -0.25) is 14.2 Å². The summed E-state index contributed by atoms with van der Waals surface area (Å²) in [5, 5.41) is 6.94. The number of benzene rings is 2. The Kier molecular flexibility index (Phi) is 7.07. The Morgan fingerprint density at radius 1 is 1.12 bits per heavy atom. The summed E-state index contributed by atoms with van der Waals surface area (Å²) in [4.78, 5) is 39.5. The van der Waals surface area contributed by atoms with Crippen LogP contribution in [0, 0.1) is 6.92 Å². The highest BCUT2D eigenvalue weighted by atomic mass is 16.5. The normalized spacial score (nSPS) is 15.6. The summed E-state index contributed by atoms with van der Waals surface area (Å²) >= 11 is 0. The van der Waals surface area contributed by atoms with Crippen LogP contribution in [0.25, 0.3) is 5.69 Å². The number of carbonyl (C=O) groups excluding carboxylic acids is 1. The molecule has 0 unspecified atom stereocenters. The number of aryl methyl sites for hydroxylation is 1. The van der Waals surface area contributed by atoms with Crippen molar-refractivity contribution in [1.29, 1.82) is 0 Å². The van der Waals surface area contributed by atoms with Gasteiger partial charge in [0.05, 0.1) is 18.3 Å². The first-order valence-electron chi connectivity index (χ1n) is 11.6. The van der Waals surface area contributed by atoms with Gasteiger partial charge in [0, 0.05) is 13.2 Å². The Morgan fingerprint density at radius 3 is 2.44 bits per heavy atom. The first-order chi connectivity index (χ1) is 16.3. The molecule has 1 aromatic heterocycles. The maximum absolute atomic E-state index is 13.3. The first-order valence-corrected chi connectivity index (χ1v) is 11.6. The van der Waals surface area contributed by atoms with Crippen molar-refractivity contribution in [1.82, 2.24) is 19.7 Å². The fraction of sp³-hybridized carbons (Fsp3) is 0.385. The molecule has 178 valence electrons. The van der Waals surface area contributed by atoms with Crippen LogP contribution in [0.2, 0.25) is 0 Å². The highest BCUT2D eigenvalue weighted by Crippen LogP contribution is 2.16. The third-order valence-electron chi connectivity index (χ3n) is 6.05. The number of hydrogen-bond acceptors (Lipinski definition) is 5. The number of amides is 1. The minimum atomic E-state index is -0.717. The number of nitrogens with zero attached hydrogens (tertiary/aromatic N) is 3. The summed E-state index contributed by atoms with van der Waals surface area (Å²) in [5.41, 5.74) is 1.81. The molecule has 2 aromatic carbocycles. The maximum Gasteiger partial charge on any atom is 0.352 e. The topological polar surface area (TPSA) is 95.2 Å². The molecule has 0 spiro atoms. The molecule has 8 nitrogen and oxygen atoms in total. The van der Waals surface area contributed by atoms with Gasteiger partial charge >= 0.3 is 5.69 Å². The average Bonchev–Trinajstić information content (AvgIpc) is 3.35. The van der Waals surface area contributed by atoms with Crippen LogP contribution in [0.15, 0.2) is 58.1 Å². The van der Waals surface area contributed by atoms with Crippen LogP contribution in [0.4, 0.5) is 0 Å². The molecule has 1 aliphatic rings. The van der Waals surface area contributed by atoms with E-state index in [9.17, 15) is 14.4 Å². The van der Waals surface area contributed by atoms with Gasteiger partial charge in [0.25, 0.3) is 11.5 Å². The summed E-state index contributed by atoms with van der Waals surface area (Å²) in [7, 11) is 0. The van der Waals surface area contributed by atoms with Crippen molar-refractivity contribution in [2.45, 2.75) is 52.2 Å². The third kappa shape index (κ3) is 5.17. The van der Waals surface area contributed by atoms with Crippen LogP contribution < -0.4 is 16.6 Å². The standard InChI is InChI=1S/C26H30N4O4/c1-17(2)20-10-12-21(13-11-20)30-26(33)29(16-19-8-6-18(3)7-9-19)25(32)23(28-30)24(31)27-15-22-5-4-14-34-22/h6-13,17,22H,4-5,14-16H2,1-3H3,(H,27,31)/t22-/m1/s1. The van der Waals surface area contributed by atoms with Gasteiger partial charge in [-0.05, 0) is 48.9 Å². The zero-order valence-corrected chi connectivity index (χ0v) is 19.8. The van der Waals surface area contributed by atoms with Gasteiger partial charge in [0.15, 0.2) is 0 Å². The predicted molar refractivity (Wildman–Crippen MR) is 130 cm³/mol. The molecule has 34 heavy (non-hydrogen) atoms. The molecule has 2 heterocycles. The Bertz CT molecular complexity index is 1270. The van der Waals surface area contributed by atoms with Crippen LogP contribution in [-0.4, -0.2) is 39.5 Å². The van der Waals surface area contributed by atoms with Crippen LogP contribution in [0.3, 0.4) is 0 Å². The summed E-state index contributed by atoms with van der Waals surface area (Å²) in [6.45, 7) is 7.12. The zero-order chi connectivity index (χ0) is 24.2. The molecule has 1 N–H and O–H groups in total. The van der Waals surface area contributed by atoms with Gasteiger partial charge in [0.2, 0.25) is 5.69 Å². The summed E-state index contributed by atoms with van der Waals surface area (Å²) in [5.74, 6) is -0.293. The molecule has 1 fully saturated rings. The van der Waals surface area contributed by atoms with E-state index >= 15 is 0 Å². The molecule has 8 heteroatoms. The Balaban J connectivity index is 1.75. The maximum atomic E-state index is 13.3. The average molecular weight is 463 g/mol. The minimum absolute atomic E-state index is 0.0383. The SMILES string of the molecule is Cc1ccc(Cn2c(=O)c(C(=O)NC[C@H]3CCCO3)nn(-c3ccc(C(C)C)cc3)c2=O)cc1. The van der Waals surface area contributed by atoms with Crippen LogP contribution in [0.5, 0.6) is 0 Å². The molecular formula is C26H30N4O4. The van der Waals surface area contributed by atoms with Crippen LogP contribution in [-0.2, 0) is 11.3 Å². The van der Waals surface area contributed by atoms with Crippen molar-refractivity contribution in [2.75, 3.05) is 13.2 Å². The second-order valence-electron chi connectivity index (χ2n) is 9.01. The number of hydrogen-bond donors (Lipinski definition) is 1. The molecule has 4 rings (SSSR count). The number of ether oxygens (including phenoxy) is 1. The van der Waals surface area contributed by atoms with Gasteiger partial charge < -0.3 is 10.1 Å². The largest absolute Gasteiger partial charge is 0.376 e. The van der Waals surface area contributed by atoms with Crippen molar-refractivity contribution in [3.05, 3.63) is 91.8 Å². The molecule has 0 radical (unpaired) electrons. The van der Waals surface area contributed by atoms with Crippen molar-refractivity contribution < 1.29 is 9.53 Å². The highest BCUT2D eigenvalue weighted by molar-refractivity contribution is 5.91. The van der Waals surface area contributed by atoms with Gasteiger partial charge in [-0.1, -0.05) is 55.8 Å². The minimum Gasteiger partial charge on any atom is -0.376 e. The van der Waals surface area contributed by atoms with E-state index in [0.717, 1.165) is 38.8 Å². The van der Waals surface area contributed by atoms with Crippen LogP contribution in [0.1, 0.15) is 59.8 Å². The molecule has 0 aliphatic carbocycles. The van der Waals surface area contributed by atoms with E-state index in [2.05, 4.69) is 24.3 Å². The van der Waals surface area contributed by atoms with Gasteiger partial charge in [-0.2, -0.15) is 9.78 Å². The molecule has 3 aromatic rings. The van der Waals surface area contributed by atoms with Crippen LogP contribution >= 0.6 is 0 Å². The van der Waals surface area contributed by atoms with Crippen molar-refractivity contribution in [3.8, 4) is 5.69 Å². The Hall–Kier alpha value is -3.52. The first kappa shape index (κ1) is 23.6. The second-order valence-corrected chi connectivity index (χ2v) is 9.01. The van der Waals surface area contributed by atoms with Gasteiger partial charge in [-0.15, -0.1) is 0 Å². The molecule has 1 aliphatic heterocycles. The Morgan fingerprint density at radius 2 is 1.82 bits per heavy atom. The fourth-order valence-corrected chi connectivity index (χ4v) is 3.94. The number of carbonyl (C=O) groups is 1. The van der Waals surface area contributed by atoms with E-state index in [0.29, 0.717) is 24.8 Å². The molecular weight excluding hydrogens is 432 g/mol. The molecule has 1 saturated heterocycles. The predicted octanol–water partition coefficient (Wildman–Crippen LogP) is 2.78. The lowest BCUT2D eigenvalue weighted by molar-refractivity contribution is 0.0849. The monoisotopic (exact) mass is 462 g/mol. The van der Waals surface area contributed by atoms with E-state index in [1.54, 1.807) is 12.1 Å². The quantitative estimate of drug-likeness (QED) is 0.583. The lowest BCUT2D eigenvalue weighted by Crippen LogP contribution is -2.46. The van der Waals surface area contributed by atoms with Gasteiger partial charge in [0.1, 0.15) is 0 Å². The van der Waals surface area contributed by atoms with E-state index in [1.165, 1.54) is 0 Å². The summed E-state index contributed by atoms with van der Waals surface area (Å²) < 4.78 is 7.74. The van der Waals surface area contributed by atoms with Crippen molar-refractivity contribution >= 4 is 5.91 Å². The number of nitrogens with one attached hydrogen (secondary N) is 1. The van der Waals surface area contributed by atoms with Crippen molar-refractivity contribution in [3.63, 3.8) is 0 Å².